The maximum atomic E-state index is 4.57. The number of hydrogen-bond acceptors (Lipinski definition) is 3. The van der Waals surface area contributed by atoms with E-state index in [1.165, 1.54) is 32.2 Å². The molecule has 1 N–H and O–H groups in total. The standard InChI is InChI=1S/C15H28N4/c1-12(2)18(4)9-5-6-10-19-11-13(3)16-15(19)17-14-7-8-14/h11-12,14H,5-10H2,1-4H3,(H,16,17). The maximum absolute atomic E-state index is 4.57. The number of hydrogen-bond donors (Lipinski definition) is 1. The van der Waals surface area contributed by atoms with Crippen molar-refractivity contribution < 1.29 is 0 Å². The monoisotopic (exact) mass is 264 g/mol. The quantitative estimate of drug-likeness (QED) is 0.733. The lowest BCUT2D eigenvalue weighted by molar-refractivity contribution is 0.266. The molecular formula is C15H28N4. The van der Waals surface area contributed by atoms with Crippen LogP contribution in [0.15, 0.2) is 6.20 Å². The predicted octanol–water partition coefficient (Wildman–Crippen LogP) is 2.89. The normalized spacial score (nSPS) is 15.5. The fraction of sp³-hybridized carbons (Fsp3) is 0.800. The van der Waals surface area contributed by atoms with Crippen molar-refractivity contribution in [3.8, 4) is 0 Å². The summed E-state index contributed by atoms with van der Waals surface area (Å²) in [5.41, 5.74) is 1.11. The van der Waals surface area contributed by atoms with Gasteiger partial charge in [-0.1, -0.05) is 0 Å². The van der Waals surface area contributed by atoms with E-state index < -0.39 is 0 Å². The minimum absolute atomic E-state index is 0.641. The van der Waals surface area contributed by atoms with E-state index in [2.05, 4.69) is 53.8 Å². The van der Waals surface area contributed by atoms with Crippen LogP contribution in [0.3, 0.4) is 0 Å². The molecule has 1 heterocycles. The molecule has 4 nitrogen and oxygen atoms in total. The minimum Gasteiger partial charge on any atom is -0.353 e. The predicted molar refractivity (Wildman–Crippen MR) is 80.6 cm³/mol. The average Bonchev–Trinajstić information content (AvgIpc) is 3.08. The third-order valence-corrected chi connectivity index (χ3v) is 3.85. The van der Waals surface area contributed by atoms with Gasteiger partial charge in [-0.3, -0.25) is 0 Å². The van der Waals surface area contributed by atoms with Gasteiger partial charge in [-0.15, -0.1) is 0 Å². The van der Waals surface area contributed by atoms with Crippen LogP contribution in [0.1, 0.15) is 45.2 Å². The summed E-state index contributed by atoms with van der Waals surface area (Å²) >= 11 is 0. The average molecular weight is 264 g/mol. The Morgan fingerprint density at radius 1 is 1.42 bits per heavy atom. The highest BCUT2D eigenvalue weighted by Gasteiger charge is 2.22. The lowest BCUT2D eigenvalue weighted by Crippen LogP contribution is -2.27. The highest BCUT2D eigenvalue weighted by molar-refractivity contribution is 5.32. The van der Waals surface area contributed by atoms with Gasteiger partial charge < -0.3 is 14.8 Å². The Hall–Kier alpha value is -1.03. The van der Waals surface area contributed by atoms with Crippen LogP contribution in [0, 0.1) is 6.92 Å². The van der Waals surface area contributed by atoms with Gasteiger partial charge in [0.25, 0.3) is 0 Å². The third kappa shape index (κ3) is 4.53. The summed E-state index contributed by atoms with van der Waals surface area (Å²) in [6.45, 7) is 8.81. The smallest absolute Gasteiger partial charge is 0.203 e. The molecule has 108 valence electrons. The fourth-order valence-corrected chi connectivity index (χ4v) is 2.14. The van der Waals surface area contributed by atoms with Crippen molar-refractivity contribution in [2.75, 3.05) is 18.9 Å². The molecule has 0 bridgehead atoms. The Morgan fingerprint density at radius 3 is 2.79 bits per heavy atom. The van der Waals surface area contributed by atoms with Crippen LogP contribution in [0.25, 0.3) is 0 Å². The Balaban J connectivity index is 1.75. The molecule has 1 aliphatic rings. The molecule has 0 unspecified atom stereocenters. The van der Waals surface area contributed by atoms with E-state index in [-0.39, 0.29) is 0 Å². The number of aromatic nitrogens is 2. The molecule has 0 aromatic carbocycles. The first kappa shape index (κ1) is 14.4. The Kier molecular flexibility index (Phi) is 4.86. The number of nitrogens with one attached hydrogen (secondary N) is 1. The lowest BCUT2D eigenvalue weighted by Gasteiger charge is -2.20. The van der Waals surface area contributed by atoms with E-state index in [9.17, 15) is 0 Å². The van der Waals surface area contributed by atoms with Gasteiger partial charge in [0, 0.05) is 24.8 Å². The third-order valence-electron chi connectivity index (χ3n) is 3.85. The van der Waals surface area contributed by atoms with Gasteiger partial charge in [0.05, 0.1) is 5.69 Å². The van der Waals surface area contributed by atoms with Crippen molar-refractivity contribution in [2.24, 2.45) is 0 Å². The molecule has 0 radical (unpaired) electrons. The van der Waals surface area contributed by atoms with Gasteiger partial charge >= 0.3 is 0 Å². The van der Waals surface area contributed by atoms with E-state index in [0.717, 1.165) is 18.2 Å². The summed E-state index contributed by atoms with van der Waals surface area (Å²) in [5, 5.41) is 3.51. The molecule has 1 aromatic rings. The van der Waals surface area contributed by atoms with E-state index in [0.29, 0.717) is 12.1 Å². The Morgan fingerprint density at radius 2 is 2.16 bits per heavy atom. The molecule has 19 heavy (non-hydrogen) atoms. The van der Waals surface area contributed by atoms with Gasteiger partial charge in [0.15, 0.2) is 0 Å². The lowest BCUT2D eigenvalue weighted by atomic mass is 10.2. The zero-order chi connectivity index (χ0) is 13.8. The van der Waals surface area contributed by atoms with Crippen LogP contribution < -0.4 is 5.32 Å². The van der Waals surface area contributed by atoms with Crippen LogP contribution in [0.4, 0.5) is 5.95 Å². The van der Waals surface area contributed by atoms with Crippen molar-refractivity contribution in [1.82, 2.24) is 14.5 Å². The summed E-state index contributed by atoms with van der Waals surface area (Å²) < 4.78 is 2.28. The van der Waals surface area contributed by atoms with Crippen LogP contribution in [0.5, 0.6) is 0 Å². The van der Waals surface area contributed by atoms with Crippen molar-refractivity contribution in [3.05, 3.63) is 11.9 Å². The first-order chi connectivity index (χ1) is 9.06. The van der Waals surface area contributed by atoms with Gasteiger partial charge in [-0.25, -0.2) is 4.98 Å². The van der Waals surface area contributed by atoms with Crippen LogP contribution in [0.2, 0.25) is 0 Å². The fourth-order valence-electron chi connectivity index (χ4n) is 2.14. The number of anilines is 1. The Labute approximate surface area is 117 Å². The van der Waals surface area contributed by atoms with Crippen LogP contribution in [-0.4, -0.2) is 40.1 Å². The molecule has 0 saturated heterocycles. The SMILES string of the molecule is Cc1cn(CCCCN(C)C(C)C)c(NC2CC2)n1. The van der Waals surface area contributed by atoms with Crippen LogP contribution >= 0.6 is 0 Å². The number of nitrogens with zero attached hydrogens (tertiary/aromatic N) is 3. The molecular weight excluding hydrogens is 236 g/mol. The molecule has 0 amide bonds. The van der Waals surface area contributed by atoms with Gasteiger partial charge in [0.1, 0.15) is 0 Å². The summed E-state index contributed by atoms with van der Waals surface area (Å²) in [4.78, 5) is 6.98. The molecule has 0 aliphatic heterocycles. The minimum atomic E-state index is 0.641. The zero-order valence-electron chi connectivity index (χ0n) is 12.8. The molecule has 4 heteroatoms. The second kappa shape index (κ2) is 6.42. The summed E-state index contributed by atoms with van der Waals surface area (Å²) in [5.74, 6) is 1.07. The van der Waals surface area contributed by atoms with Crippen molar-refractivity contribution in [2.45, 2.75) is 65.1 Å². The highest BCUT2D eigenvalue weighted by Crippen LogP contribution is 2.24. The maximum Gasteiger partial charge on any atom is 0.203 e. The van der Waals surface area contributed by atoms with E-state index in [1.807, 2.05) is 0 Å². The van der Waals surface area contributed by atoms with E-state index in [1.54, 1.807) is 0 Å². The van der Waals surface area contributed by atoms with Crippen LogP contribution in [-0.2, 0) is 6.54 Å². The number of aryl methyl sites for hydroxylation is 2. The first-order valence-corrected chi connectivity index (χ1v) is 7.57. The van der Waals surface area contributed by atoms with Gasteiger partial charge in [-0.05, 0) is 60.0 Å². The van der Waals surface area contributed by atoms with E-state index >= 15 is 0 Å². The molecule has 2 rings (SSSR count). The topological polar surface area (TPSA) is 33.1 Å². The second-order valence-corrected chi connectivity index (χ2v) is 6.10. The number of imidazole rings is 1. The molecule has 0 spiro atoms. The zero-order valence-corrected chi connectivity index (χ0v) is 12.8. The van der Waals surface area contributed by atoms with E-state index in [4.69, 9.17) is 0 Å². The van der Waals surface area contributed by atoms with Crippen molar-refractivity contribution in [1.29, 1.82) is 0 Å². The second-order valence-electron chi connectivity index (χ2n) is 6.10. The van der Waals surface area contributed by atoms with Gasteiger partial charge in [0.2, 0.25) is 5.95 Å². The number of unbranched alkanes of at least 4 members (excludes halogenated alkanes) is 1. The summed E-state index contributed by atoms with van der Waals surface area (Å²) in [7, 11) is 2.20. The highest BCUT2D eigenvalue weighted by atomic mass is 15.2. The molecule has 1 fully saturated rings. The summed E-state index contributed by atoms with van der Waals surface area (Å²) in [6.07, 6.45) is 7.22. The molecule has 1 saturated carbocycles. The molecule has 0 atom stereocenters. The van der Waals surface area contributed by atoms with Crippen molar-refractivity contribution >= 4 is 5.95 Å². The summed E-state index contributed by atoms with van der Waals surface area (Å²) in [6, 6.07) is 1.32. The largest absolute Gasteiger partial charge is 0.353 e. The van der Waals surface area contributed by atoms with Crippen molar-refractivity contribution in [3.63, 3.8) is 0 Å². The molecule has 1 aliphatic carbocycles. The first-order valence-electron chi connectivity index (χ1n) is 7.57. The Bertz CT molecular complexity index is 393. The molecule has 1 aromatic heterocycles. The van der Waals surface area contributed by atoms with Gasteiger partial charge in [-0.2, -0.15) is 0 Å². The number of rotatable bonds is 8.